The number of oxime groups is 1. The Morgan fingerprint density at radius 3 is 2.40 bits per heavy atom. The number of nitrogens with zero attached hydrogens (tertiary/aromatic N) is 1. The fourth-order valence-electron chi connectivity index (χ4n) is 1.10. The molecule has 0 aliphatic carbocycles. The summed E-state index contributed by atoms with van der Waals surface area (Å²) >= 11 is 0. The van der Waals surface area contributed by atoms with Gasteiger partial charge in [-0.15, -0.1) is 0 Å². The maximum Gasteiger partial charge on any atom is 0.273 e. The van der Waals surface area contributed by atoms with Gasteiger partial charge >= 0.3 is 0 Å². The average Bonchev–Trinajstić information content (AvgIpc) is 2.30. The number of rotatable bonds is 3. The third kappa shape index (κ3) is 2.46. The molecular weight excluding hydrogens is 196 g/mol. The van der Waals surface area contributed by atoms with Gasteiger partial charge in [-0.1, -0.05) is 5.16 Å². The quantitative estimate of drug-likeness (QED) is 0.434. The van der Waals surface area contributed by atoms with Gasteiger partial charge in [0, 0.05) is 12.6 Å². The zero-order valence-electron chi connectivity index (χ0n) is 8.52. The zero-order chi connectivity index (χ0) is 11.3. The minimum atomic E-state index is -0.442. The second kappa shape index (κ2) is 4.99. The summed E-state index contributed by atoms with van der Waals surface area (Å²) in [6.07, 6.45) is 0. The number of amides is 1. The summed E-state index contributed by atoms with van der Waals surface area (Å²) in [4.78, 5) is 11.3. The van der Waals surface area contributed by atoms with E-state index in [1.54, 1.807) is 31.4 Å². The largest absolute Gasteiger partial charge is 0.497 e. The number of nitrogens with one attached hydrogen (secondary N) is 1. The van der Waals surface area contributed by atoms with Crippen LogP contribution < -0.4 is 10.1 Å². The molecule has 0 aromatic heterocycles. The summed E-state index contributed by atoms with van der Waals surface area (Å²) in [7, 11) is 3.02. The number of benzene rings is 1. The van der Waals surface area contributed by atoms with Crippen LogP contribution in [-0.4, -0.2) is 31.0 Å². The molecule has 0 unspecified atom stereocenters. The van der Waals surface area contributed by atoms with Crippen LogP contribution in [-0.2, 0) is 4.79 Å². The van der Waals surface area contributed by atoms with Crippen LogP contribution in [0.15, 0.2) is 29.4 Å². The van der Waals surface area contributed by atoms with E-state index in [9.17, 15) is 4.79 Å². The Bertz CT molecular complexity index is 371. The summed E-state index contributed by atoms with van der Waals surface area (Å²) in [6.45, 7) is 0. The third-order valence-corrected chi connectivity index (χ3v) is 1.91. The van der Waals surface area contributed by atoms with Gasteiger partial charge in [0.1, 0.15) is 5.75 Å². The van der Waals surface area contributed by atoms with E-state index in [0.717, 1.165) is 0 Å². The molecule has 1 amide bonds. The molecule has 15 heavy (non-hydrogen) atoms. The first-order valence-electron chi connectivity index (χ1n) is 4.31. The first-order chi connectivity index (χ1) is 7.22. The number of hydrogen-bond donors (Lipinski definition) is 2. The minimum absolute atomic E-state index is 0.0276. The van der Waals surface area contributed by atoms with Crippen molar-refractivity contribution in [3.05, 3.63) is 29.8 Å². The lowest BCUT2D eigenvalue weighted by molar-refractivity contribution is -0.114. The first kappa shape index (κ1) is 11.0. The van der Waals surface area contributed by atoms with Gasteiger partial charge in [-0.3, -0.25) is 4.79 Å². The van der Waals surface area contributed by atoms with Crippen LogP contribution in [0.2, 0.25) is 0 Å². The predicted molar refractivity (Wildman–Crippen MR) is 55.4 cm³/mol. The van der Waals surface area contributed by atoms with Gasteiger partial charge in [0.15, 0.2) is 5.71 Å². The van der Waals surface area contributed by atoms with Crippen LogP contribution in [0, 0.1) is 0 Å². The van der Waals surface area contributed by atoms with E-state index in [0.29, 0.717) is 11.3 Å². The van der Waals surface area contributed by atoms with Gasteiger partial charge in [-0.25, -0.2) is 0 Å². The van der Waals surface area contributed by atoms with Gasteiger partial charge in [-0.05, 0) is 24.3 Å². The van der Waals surface area contributed by atoms with E-state index in [1.165, 1.54) is 7.05 Å². The second-order valence-electron chi connectivity index (χ2n) is 2.76. The number of carbonyl (C=O) groups excluding carboxylic acids is 1. The van der Waals surface area contributed by atoms with Crippen molar-refractivity contribution < 1.29 is 14.7 Å². The van der Waals surface area contributed by atoms with Crippen LogP contribution in [0.3, 0.4) is 0 Å². The van der Waals surface area contributed by atoms with Crippen molar-refractivity contribution in [2.75, 3.05) is 14.2 Å². The van der Waals surface area contributed by atoms with E-state index in [-0.39, 0.29) is 5.71 Å². The number of likely N-dealkylation sites (N-methyl/N-ethyl adjacent to an activating group) is 1. The van der Waals surface area contributed by atoms with Crippen molar-refractivity contribution >= 4 is 11.6 Å². The molecule has 1 aromatic rings. The van der Waals surface area contributed by atoms with Crippen molar-refractivity contribution in [2.45, 2.75) is 0 Å². The SMILES string of the molecule is CNC(=O)/C(=N/O)c1ccc(OC)cc1. The maximum absolute atomic E-state index is 11.3. The summed E-state index contributed by atoms with van der Waals surface area (Å²) in [5.74, 6) is 0.232. The van der Waals surface area contributed by atoms with E-state index >= 15 is 0 Å². The minimum Gasteiger partial charge on any atom is -0.497 e. The molecule has 0 atom stereocenters. The number of hydrogen-bond acceptors (Lipinski definition) is 4. The molecule has 0 bridgehead atoms. The molecule has 80 valence electrons. The Morgan fingerprint density at radius 2 is 2.00 bits per heavy atom. The molecule has 0 radical (unpaired) electrons. The van der Waals surface area contributed by atoms with Gasteiger partial charge in [0.25, 0.3) is 5.91 Å². The van der Waals surface area contributed by atoms with Crippen LogP contribution in [0.25, 0.3) is 0 Å². The van der Waals surface area contributed by atoms with Gasteiger partial charge in [-0.2, -0.15) is 0 Å². The molecule has 2 N–H and O–H groups in total. The number of methoxy groups -OCH3 is 1. The molecule has 0 spiro atoms. The average molecular weight is 208 g/mol. The Morgan fingerprint density at radius 1 is 1.40 bits per heavy atom. The molecule has 0 fully saturated rings. The van der Waals surface area contributed by atoms with Gasteiger partial charge in [0.2, 0.25) is 0 Å². The van der Waals surface area contributed by atoms with Crippen LogP contribution >= 0.6 is 0 Å². The fraction of sp³-hybridized carbons (Fsp3) is 0.200. The van der Waals surface area contributed by atoms with Crippen molar-refractivity contribution in [2.24, 2.45) is 5.16 Å². The lowest BCUT2D eigenvalue weighted by Gasteiger charge is -2.04. The van der Waals surface area contributed by atoms with E-state index < -0.39 is 5.91 Å². The Hall–Kier alpha value is -2.04. The topological polar surface area (TPSA) is 70.9 Å². The van der Waals surface area contributed by atoms with Gasteiger partial charge < -0.3 is 15.3 Å². The Kier molecular flexibility index (Phi) is 3.68. The molecule has 1 aromatic carbocycles. The normalized spacial score (nSPS) is 10.9. The van der Waals surface area contributed by atoms with Crippen LogP contribution in [0.4, 0.5) is 0 Å². The second-order valence-corrected chi connectivity index (χ2v) is 2.76. The molecule has 0 saturated carbocycles. The summed E-state index contributed by atoms with van der Waals surface area (Å²) in [6, 6.07) is 6.65. The zero-order valence-corrected chi connectivity index (χ0v) is 8.52. The molecule has 5 heteroatoms. The summed E-state index contributed by atoms with van der Waals surface area (Å²) in [5, 5.41) is 14.0. The predicted octanol–water partition coefficient (Wildman–Crippen LogP) is 0.619. The van der Waals surface area contributed by atoms with E-state index in [1.807, 2.05) is 0 Å². The van der Waals surface area contributed by atoms with Crippen LogP contribution in [0.1, 0.15) is 5.56 Å². The Labute approximate surface area is 87.4 Å². The summed E-state index contributed by atoms with van der Waals surface area (Å²) < 4.78 is 4.97. The molecule has 0 aliphatic heterocycles. The standard InChI is InChI=1S/C10H12N2O3/c1-11-10(13)9(12-14)7-3-5-8(15-2)6-4-7/h3-6,14H,1-2H3,(H,11,13)/b12-9+. The highest BCUT2D eigenvalue weighted by molar-refractivity contribution is 6.45. The number of carbonyl (C=O) groups is 1. The van der Waals surface area contributed by atoms with Gasteiger partial charge in [0.05, 0.1) is 7.11 Å². The number of ether oxygens (including phenoxy) is 1. The highest BCUT2D eigenvalue weighted by atomic mass is 16.5. The highest BCUT2D eigenvalue weighted by Gasteiger charge is 2.12. The van der Waals surface area contributed by atoms with E-state index in [4.69, 9.17) is 9.94 Å². The summed E-state index contributed by atoms with van der Waals surface area (Å²) in [5.41, 5.74) is 0.498. The fourth-order valence-corrected chi connectivity index (χ4v) is 1.10. The smallest absolute Gasteiger partial charge is 0.273 e. The lowest BCUT2D eigenvalue weighted by Crippen LogP contribution is -2.28. The van der Waals surface area contributed by atoms with Crippen molar-refractivity contribution in [1.29, 1.82) is 0 Å². The lowest BCUT2D eigenvalue weighted by atomic mass is 10.1. The Balaban J connectivity index is 2.99. The molecular formula is C10H12N2O3. The van der Waals surface area contributed by atoms with E-state index in [2.05, 4.69) is 10.5 Å². The molecule has 5 nitrogen and oxygen atoms in total. The monoisotopic (exact) mass is 208 g/mol. The maximum atomic E-state index is 11.3. The van der Waals surface area contributed by atoms with Crippen molar-refractivity contribution in [3.63, 3.8) is 0 Å². The van der Waals surface area contributed by atoms with Crippen LogP contribution in [0.5, 0.6) is 5.75 Å². The highest BCUT2D eigenvalue weighted by Crippen LogP contribution is 2.12. The molecule has 1 rings (SSSR count). The molecule has 0 saturated heterocycles. The van der Waals surface area contributed by atoms with Crippen molar-refractivity contribution in [1.82, 2.24) is 5.32 Å². The molecule has 0 heterocycles. The van der Waals surface area contributed by atoms with Crippen molar-refractivity contribution in [3.8, 4) is 5.75 Å². The molecule has 0 aliphatic rings. The third-order valence-electron chi connectivity index (χ3n) is 1.91. The first-order valence-corrected chi connectivity index (χ1v) is 4.31.